The van der Waals surface area contributed by atoms with Gasteiger partial charge in [0.15, 0.2) is 0 Å². The summed E-state index contributed by atoms with van der Waals surface area (Å²) < 4.78 is 0. The van der Waals surface area contributed by atoms with Crippen LogP contribution in [0.4, 0.5) is 0 Å². The van der Waals surface area contributed by atoms with Gasteiger partial charge in [0.2, 0.25) is 5.91 Å². The van der Waals surface area contributed by atoms with E-state index < -0.39 is 11.9 Å². The van der Waals surface area contributed by atoms with Crippen LogP contribution >= 0.6 is 35.0 Å². The quantitative estimate of drug-likeness (QED) is 0.810. The molecule has 1 amide bonds. The molecular weight excluding hydrogens is 321 g/mol. The molecule has 1 aromatic carbocycles. The lowest BCUT2D eigenvalue weighted by molar-refractivity contribution is -0.142. The van der Waals surface area contributed by atoms with Gasteiger partial charge in [-0.15, -0.1) is 11.8 Å². The second-order valence-electron chi connectivity index (χ2n) is 4.38. The molecule has 1 rings (SSSR count). The van der Waals surface area contributed by atoms with Crippen LogP contribution in [0.15, 0.2) is 23.1 Å². The Morgan fingerprint density at radius 3 is 2.65 bits per heavy atom. The molecule has 0 saturated carbocycles. The van der Waals surface area contributed by atoms with Crippen LogP contribution in [0.5, 0.6) is 0 Å². The third kappa shape index (κ3) is 5.23. The summed E-state index contributed by atoms with van der Waals surface area (Å²) in [5, 5.41) is 9.90. The Morgan fingerprint density at radius 1 is 1.40 bits per heavy atom. The van der Waals surface area contributed by atoms with Gasteiger partial charge in [0.25, 0.3) is 0 Å². The average Bonchev–Trinajstić information content (AvgIpc) is 2.39. The molecule has 0 heterocycles. The summed E-state index contributed by atoms with van der Waals surface area (Å²) in [5.41, 5.74) is 0. The molecule has 0 saturated heterocycles. The molecule has 1 N–H and O–H groups in total. The van der Waals surface area contributed by atoms with Crippen molar-refractivity contribution >= 4 is 46.8 Å². The first kappa shape index (κ1) is 17.1. The zero-order chi connectivity index (χ0) is 15.3. The van der Waals surface area contributed by atoms with Crippen molar-refractivity contribution in [3.05, 3.63) is 28.2 Å². The van der Waals surface area contributed by atoms with E-state index in [1.54, 1.807) is 32.2 Å². The maximum absolute atomic E-state index is 11.9. The molecule has 0 spiro atoms. The molecule has 1 aromatic rings. The van der Waals surface area contributed by atoms with Gasteiger partial charge in [0.1, 0.15) is 0 Å². The van der Waals surface area contributed by atoms with Crippen molar-refractivity contribution in [2.24, 2.45) is 5.92 Å². The number of hydrogen-bond donors (Lipinski definition) is 1. The number of hydrogen-bond acceptors (Lipinski definition) is 3. The average molecular weight is 336 g/mol. The lowest BCUT2D eigenvalue weighted by Crippen LogP contribution is -2.34. The Kier molecular flexibility index (Phi) is 6.65. The van der Waals surface area contributed by atoms with Gasteiger partial charge < -0.3 is 10.0 Å². The molecule has 7 heteroatoms. The predicted molar refractivity (Wildman–Crippen MR) is 81.6 cm³/mol. The van der Waals surface area contributed by atoms with Gasteiger partial charge in [-0.1, -0.05) is 30.1 Å². The van der Waals surface area contributed by atoms with Gasteiger partial charge >= 0.3 is 5.97 Å². The van der Waals surface area contributed by atoms with Crippen molar-refractivity contribution in [2.75, 3.05) is 19.3 Å². The standard InChI is InChI=1S/C13H15Cl2NO3S/c1-8(13(18)19)6-16(2)12(17)7-20-11-5-9(14)3-4-10(11)15/h3-5,8H,6-7H2,1-2H3,(H,18,19). The number of carboxylic acid groups (broad SMARTS) is 1. The van der Waals surface area contributed by atoms with Crippen LogP contribution in [0.1, 0.15) is 6.92 Å². The Bertz CT molecular complexity index is 510. The van der Waals surface area contributed by atoms with Crippen LogP contribution in [0.25, 0.3) is 0 Å². The molecule has 0 radical (unpaired) electrons. The molecule has 0 aliphatic carbocycles. The predicted octanol–water partition coefficient (Wildman–Crippen LogP) is 3.26. The van der Waals surface area contributed by atoms with Crippen LogP contribution in [0.2, 0.25) is 10.0 Å². The molecule has 0 aliphatic heterocycles. The first-order chi connectivity index (χ1) is 9.31. The summed E-state index contributed by atoms with van der Waals surface area (Å²) in [6, 6.07) is 5.05. The van der Waals surface area contributed by atoms with E-state index in [9.17, 15) is 9.59 Å². The molecule has 1 unspecified atom stereocenters. The fraction of sp³-hybridized carbons (Fsp3) is 0.385. The van der Waals surface area contributed by atoms with Gasteiger partial charge in [0, 0.05) is 23.5 Å². The fourth-order valence-corrected chi connectivity index (χ4v) is 2.86. The summed E-state index contributed by atoms with van der Waals surface area (Å²) in [6.07, 6.45) is 0. The summed E-state index contributed by atoms with van der Waals surface area (Å²) in [4.78, 5) is 24.8. The van der Waals surface area contributed by atoms with Gasteiger partial charge in [-0.05, 0) is 18.2 Å². The molecule has 1 atom stereocenters. The molecule has 0 aromatic heterocycles. The summed E-state index contributed by atoms with van der Waals surface area (Å²) in [6.45, 7) is 1.74. The number of amides is 1. The van der Waals surface area contributed by atoms with E-state index in [1.807, 2.05) is 0 Å². The van der Waals surface area contributed by atoms with Crippen molar-refractivity contribution in [1.82, 2.24) is 4.90 Å². The number of carbonyl (C=O) groups is 2. The van der Waals surface area contributed by atoms with E-state index in [0.29, 0.717) is 10.0 Å². The van der Waals surface area contributed by atoms with Crippen molar-refractivity contribution < 1.29 is 14.7 Å². The molecule has 0 fully saturated rings. The van der Waals surface area contributed by atoms with Crippen LogP contribution < -0.4 is 0 Å². The zero-order valence-electron chi connectivity index (χ0n) is 11.1. The van der Waals surface area contributed by atoms with Crippen LogP contribution in [-0.4, -0.2) is 41.2 Å². The molecule has 4 nitrogen and oxygen atoms in total. The lowest BCUT2D eigenvalue weighted by Gasteiger charge is -2.19. The maximum atomic E-state index is 11.9. The Labute approximate surface area is 132 Å². The highest BCUT2D eigenvalue weighted by Crippen LogP contribution is 2.29. The van der Waals surface area contributed by atoms with Crippen LogP contribution in [0.3, 0.4) is 0 Å². The monoisotopic (exact) mass is 335 g/mol. The second kappa shape index (κ2) is 7.76. The van der Waals surface area contributed by atoms with E-state index in [4.69, 9.17) is 28.3 Å². The number of nitrogens with zero attached hydrogens (tertiary/aromatic N) is 1. The number of halogens is 2. The summed E-state index contributed by atoms with van der Waals surface area (Å²) >= 11 is 13.1. The van der Waals surface area contributed by atoms with E-state index in [1.165, 1.54) is 16.7 Å². The number of carboxylic acids is 1. The summed E-state index contributed by atoms with van der Waals surface area (Å²) in [7, 11) is 1.59. The Hall–Kier alpha value is -0.910. The Balaban J connectivity index is 2.54. The number of rotatable bonds is 6. The van der Waals surface area contributed by atoms with E-state index >= 15 is 0 Å². The second-order valence-corrected chi connectivity index (χ2v) is 6.24. The van der Waals surface area contributed by atoms with Gasteiger partial charge in [-0.25, -0.2) is 0 Å². The van der Waals surface area contributed by atoms with Crippen LogP contribution in [0, 0.1) is 5.92 Å². The minimum absolute atomic E-state index is 0.154. The largest absolute Gasteiger partial charge is 0.481 e. The maximum Gasteiger partial charge on any atom is 0.308 e. The van der Waals surface area contributed by atoms with E-state index in [0.717, 1.165) is 4.90 Å². The van der Waals surface area contributed by atoms with Crippen molar-refractivity contribution in [3.63, 3.8) is 0 Å². The summed E-state index contributed by atoms with van der Waals surface area (Å²) in [5.74, 6) is -1.49. The normalized spacial score (nSPS) is 12.0. The van der Waals surface area contributed by atoms with Crippen molar-refractivity contribution in [3.8, 4) is 0 Å². The third-order valence-corrected chi connectivity index (χ3v) is 4.36. The first-order valence-electron chi connectivity index (χ1n) is 5.86. The number of aliphatic carboxylic acids is 1. The highest BCUT2D eigenvalue weighted by molar-refractivity contribution is 8.00. The zero-order valence-corrected chi connectivity index (χ0v) is 13.4. The van der Waals surface area contributed by atoms with Gasteiger partial charge in [0.05, 0.1) is 16.7 Å². The lowest BCUT2D eigenvalue weighted by atomic mass is 10.2. The molecule has 0 bridgehead atoms. The highest BCUT2D eigenvalue weighted by Gasteiger charge is 2.17. The highest BCUT2D eigenvalue weighted by atomic mass is 35.5. The van der Waals surface area contributed by atoms with Gasteiger partial charge in [-0.2, -0.15) is 0 Å². The minimum Gasteiger partial charge on any atom is -0.481 e. The Morgan fingerprint density at radius 2 is 2.05 bits per heavy atom. The van der Waals surface area contributed by atoms with Crippen molar-refractivity contribution in [2.45, 2.75) is 11.8 Å². The number of benzene rings is 1. The minimum atomic E-state index is -0.921. The number of carbonyl (C=O) groups excluding carboxylic acids is 1. The topological polar surface area (TPSA) is 57.6 Å². The van der Waals surface area contributed by atoms with E-state index in [2.05, 4.69) is 0 Å². The molecule has 20 heavy (non-hydrogen) atoms. The van der Waals surface area contributed by atoms with Gasteiger partial charge in [-0.3, -0.25) is 9.59 Å². The first-order valence-corrected chi connectivity index (χ1v) is 7.60. The smallest absolute Gasteiger partial charge is 0.308 e. The van der Waals surface area contributed by atoms with Crippen molar-refractivity contribution in [1.29, 1.82) is 0 Å². The number of thioether (sulfide) groups is 1. The van der Waals surface area contributed by atoms with Crippen LogP contribution in [-0.2, 0) is 9.59 Å². The molecule has 110 valence electrons. The molecular formula is C13H15Cl2NO3S. The third-order valence-electron chi connectivity index (χ3n) is 2.64. The van der Waals surface area contributed by atoms with E-state index in [-0.39, 0.29) is 18.2 Å². The SMILES string of the molecule is CC(CN(C)C(=O)CSc1cc(Cl)ccc1Cl)C(=O)O. The molecule has 0 aliphatic rings. The fourth-order valence-electron chi connectivity index (χ4n) is 1.43.